The minimum Gasteiger partial charge on any atom is -0.340 e. The molecule has 1 unspecified atom stereocenters. The first-order chi connectivity index (χ1) is 15.7. The second kappa shape index (κ2) is 7.90. The average molecular weight is 448 g/mol. The summed E-state index contributed by atoms with van der Waals surface area (Å²) in [6.07, 6.45) is 7.89. The van der Waals surface area contributed by atoms with Crippen molar-refractivity contribution in [1.82, 2.24) is 24.8 Å². The van der Waals surface area contributed by atoms with E-state index in [2.05, 4.69) is 48.2 Å². The number of fused-ring (bicyclic) bond motifs is 4. The Kier molecular flexibility index (Phi) is 4.87. The molecule has 0 aromatic carbocycles. The van der Waals surface area contributed by atoms with Crippen LogP contribution >= 0.6 is 11.3 Å². The number of piperazine rings is 1. The van der Waals surface area contributed by atoms with E-state index >= 15 is 0 Å². The maximum absolute atomic E-state index is 13.1. The maximum Gasteiger partial charge on any atom is 0.226 e. The third kappa shape index (κ3) is 3.45. The highest BCUT2D eigenvalue weighted by atomic mass is 32.1. The number of nitrogens with zero attached hydrogens (tertiary/aromatic N) is 6. The van der Waals surface area contributed by atoms with Gasteiger partial charge in [0.1, 0.15) is 17.0 Å². The maximum atomic E-state index is 13.1. The van der Waals surface area contributed by atoms with Gasteiger partial charge in [0.15, 0.2) is 0 Å². The zero-order valence-electron chi connectivity index (χ0n) is 18.0. The van der Waals surface area contributed by atoms with Gasteiger partial charge in [0, 0.05) is 48.8 Å². The highest BCUT2D eigenvalue weighted by Crippen LogP contribution is 2.40. The summed E-state index contributed by atoms with van der Waals surface area (Å²) < 4.78 is 0. The van der Waals surface area contributed by atoms with Crippen molar-refractivity contribution in [1.29, 1.82) is 0 Å². The molecule has 0 bridgehead atoms. The molecule has 3 aromatic heterocycles. The molecule has 3 aromatic rings. The van der Waals surface area contributed by atoms with Gasteiger partial charge in [-0.2, -0.15) is 0 Å². The molecule has 1 N–H and O–H groups in total. The van der Waals surface area contributed by atoms with Gasteiger partial charge in [0.2, 0.25) is 5.91 Å². The average Bonchev–Trinajstić information content (AvgIpc) is 3.43. The molecule has 1 aliphatic carbocycles. The first kappa shape index (κ1) is 19.8. The van der Waals surface area contributed by atoms with Crippen molar-refractivity contribution in [3.05, 3.63) is 40.3 Å². The van der Waals surface area contributed by atoms with E-state index < -0.39 is 0 Å². The SMILES string of the molecule is CN1CCN(C(=O)C2CCc3c(sc4ncnc(Nc5cnc6c(c5)C=NC6)c34)C2)CC1. The van der Waals surface area contributed by atoms with Crippen molar-refractivity contribution in [3.63, 3.8) is 0 Å². The molecule has 8 nitrogen and oxygen atoms in total. The van der Waals surface area contributed by atoms with Crippen LogP contribution in [0.15, 0.2) is 23.6 Å². The predicted octanol–water partition coefficient (Wildman–Crippen LogP) is 2.64. The molecule has 3 aliphatic rings. The molecule has 164 valence electrons. The van der Waals surface area contributed by atoms with Crippen molar-refractivity contribution in [2.75, 3.05) is 38.5 Å². The van der Waals surface area contributed by atoms with Crippen LogP contribution in [-0.4, -0.2) is 70.1 Å². The normalized spacial score (nSPS) is 20.4. The van der Waals surface area contributed by atoms with E-state index in [0.717, 1.165) is 78.4 Å². The summed E-state index contributed by atoms with van der Waals surface area (Å²) in [5.74, 6) is 1.20. The molecule has 1 amide bonds. The van der Waals surface area contributed by atoms with Crippen molar-refractivity contribution >= 4 is 45.2 Å². The Bertz CT molecular complexity index is 1230. The number of amides is 1. The monoisotopic (exact) mass is 447 g/mol. The number of pyridine rings is 1. The lowest BCUT2D eigenvalue weighted by Crippen LogP contribution is -2.49. The van der Waals surface area contributed by atoms with Gasteiger partial charge in [-0.15, -0.1) is 11.3 Å². The molecule has 0 spiro atoms. The standard InChI is InChI=1S/C23H25N7OS/c1-29-4-6-30(7-5-29)23(31)14-2-3-17-19(9-14)32-22-20(17)21(26-13-27-22)28-16-8-15-10-24-12-18(15)25-11-16/h8,10-11,13-14H,2-7,9,12H2,1H3,(H,26,27,28). The second-order valence-electron chi connectivity index (χ2n) is 8.83. The van der Waals surface area contributed by atoms with Crippen LogP contribution in [0.5, 0.6) is 0 Å². The van der Waals surface area contributed by atoms with E-state index in [0.29, 0.717) is 12.5 Å². The molecule has 1 atom stereocenters. The molecule has 0 saturated carbocycles. The van der Waals surface area contributed by atoms with Gasteiger partial charge in [0.25, 0.3) is 0 Å². The Morgan fingerprint density at radius 1 is 1.19 bits per heavy atom. The van der Waals surface area contributed by atoms with E-state index in [1.807, 2.05) is 12.4 Å². The third-order valence-electron chi connectivity index (χ3n) is 6.75. The lowest BCUT2D eigenvalue weighted by Gasteiger charge is -2.35. The number of carbonyl (C=O) groups is 1. The summed E-state index contributed by atoms with van der Waals surface area (Å²) in [5, 5.41) is 4.54. The quantitative estimate of drug-likeness (QED) is 0.664. The number of aliphatic imine (C=N–C) groups is 1. The molecule has 32 heavy (non-hydrogen) atoms. The van der Waals surface area contributed by atoms with Gasteiger partial charge in [-0.05, 0) is 37.9 Å². The molecule has 0 radical (unpaired) electrons. The van der Waals surface area contributed by atoms with Crippen LogP contribution in [0, 0.1) is 5.92 Å². The lowest BCUT2D eigenvalue weighted by molar-refractivity contribution is -0.137. The molecule has 1 fully saturated rings. The van der Waals surface area contributed by atoms with Gasteiger partial charge in [-0.1, -0.05) is 0 Å². The van der Waals surface area contributed by atoms with E-state index in [4.69, 9.17) is 0 Å². The van der Waals surface area contributed by atoms with Crippen molar-refractivity contribution in [3.8, 4) is 0 Å². The smallest absolute Gasteiger partial charge is 0.226 e. The Morgan fingerprint density at radius 3 is 2.94 bits per heavy atom. The predicted molar refractivity (Wildman–Crippen MR) is 126 cm³/mol. The first-order valence-electron chi connectivity index (χ1n) is 11.1. The van der Waals surface area contributed by atoms with Gasteiger partial charge in [-0.3, -0.25) is 14.8 Å². The fourth-order valence-electron chi connectivity index (χ4n) is 4.89. The van der Waals surface area contributed by atoms with Gasteiger partial charge in [-0.25, -0.2) is 9.97 Å². The van der Waals surface area contributed by atoms with Crippen LogP contribution < -0.4 is 5.32 Å². The van der Waals surface area contributed by atoms with Crippen molar-refractivity contribution in [2.24, 2.45) is 10.9 Å². The summed E-state index contributed by atoms with van der Waals surface area (Å²) in [7, 11) is 2.12. The number of hydrogen-bond donors (Lipinski definition) is 1. The number of hydrogen-bond acceptors (Lipinski definition) is 8. The number of rotatable bonds is 3. The highest BCUT2D eigenvalue weighted by molar-refractivity contribution is 7.19. The van der Waals surface area contributed by atoms with E-state index in [-0.39, 0.29) is 5.92 Å². The van der Waals surface area contributed by atoms with Crippen LogP contribution in [0.2, 0.25) is 0 Å². The zero-order valence-corrected chi connectivity index (χ0v) is 18.9. The summed E-state index contributed by atoms with van der Waals surface area (Å²) in [5.41, 5.74) is 4.26. The third-order valence-corrected chi connectivity index (χ3v) is 7.91. The van der Waals surface area contributed by atoms with Crippen LogP contribution in [-0.2, 0) is 24.2 Å². The van der Waals surface area contributed by atoms with Crippen molar-refractivity contribution < 1.29 is 4.79 Å². The largest absolute Gasteiger partial charge is 0.340 e. The fraction of sp³-hybridized carbons (Fsp3) is 0.435. The van der Waals surface area contributed by atoms with Crippen molar-refractivity contribution in [2.45, 2.75) is 25.8 Å². The lowest BCUT2D eigenvalue weighted by atomic mass is 9.86. The summed E-state index contributed by atoms with van der Waals surface area (Å²) >= 11 is 1.71. The molecule has 6 rings (SSSR count). The highest BCUT2D eigenvalue weighted by Gasteiger charge is 2.32. The summed E-state index contributed by atoms with van der Waals surface area (Å²) in [4.78, 5) is 37.6. The van der Waals surface area contributed by atoms with Gasteiger partial charge < -0.3 is 15.1 Å². The Labute approximate surface area is 190 Å². The number of likely N-dealkylation sites (N-methyl/N-ethyl adjacent to an activating group) is 1. The first-order valence-corrected chi connectivity index (χ1v) is 12.0. The summed E-state index contributed by atoms with van der Waals surface area (Å²) in [6.45, 7) is 4.25. The molecular formula is C23H25N7OS. The minimum absolute atomic E-state index is 0.0727. The van der Waals surface area contributed by atoms with E-state index in [1.54, 1.807) is 17.7 Å². The van der Waals surface area contributed by atoms with E-state index in [1.165, 1.54) is 10.4 Å². The van der Waals surface area contributed by atoms with Crippen LogP contribution in [0.25, 0.3) is 10.2 Å². The molecule has 1 saturated heterocycles. The molecule has 5 heterocycles. The topological polar surface area (TPSA) is 86.6 Å². The molecule has 9 heteroatoms. The van der Waals surface area contributed by atoms with Gasteiger partial charge in [0.05, 0.1) is 29.5 Å². The molecule has 2 aliphatic heterocycles. The van der Waals surface area contributed by atoms with Crippen LogP contribution in [0.3, 0.4) is 0 Å². The summed E-state index contributed by atoms with van der Waals surface area (Å²) in [6, 6.07) is 2.07. The Balaban J connectivity index is 1.26. The number of thiophene rings is 1. The van der Waals surface area contributed by atoms with E-state index in [9.17, 15) is 4.79 Å². The fourth-order valence-corrected chi connectivity index (χ4v) is 6.16. The zero-order chi connectivity index (χ0) is 21.7. The number of aromatic nitrogens is 3. The Morgan fingerprint density at radius 2 is 2.06 bits per heavy atom. The van der Waals surface area contributed by atoms with Crippen LogP contribution in [0.4, 0.5) is 11.5 Å². The molecular weight excluding hydrogens is 422 g/mol. The number of carbonyl (C=O) groups excluding carboxylic acids is 1. The van der Waals surface area contributed by atoms with Crippen LogP contribution in [0.1, 0.15) is 28.1 Å². The Hall–Kier alpha value is -2.91. The second-order valence-corrected chi connectivity index (χ2v) is 9.91. The number of aryl methyl sites for hydroxylation is 1. The number of nitrogens with one attached hydrogen (secondary N) is 1. The number of anilines is 2. The van der Waals surface area contributed by atoms with Gasteiger partial charge >= 0.3 is 0 Å². The minimum atomic E-state index is 0.0727.